The first-order chi connectivity index (χ1) is 44.3. The normalized spacial score (nSPS) is 12.2. The predicted molar refractivity (Wildman–Crippen MR) is 361 cm³/mol. The molecule has 4 heterocycles. The molecule has 0 radical (unpaired) electrons. The largest absolute Gasteiger partial charge is 0.497 e. The van der Waals surface area contributed by atoms with E-state index < -0.39 is 25.1 Å². The maximum atomic E-state index is 12.5. The lowest BCUT2D eigenvalue weighted by atomic mass is 9.50. The summed E-state index contributed by atoms with van der Waals surface area (Å²) in [6, 6.07) is 92.9. The van der Waals surface area contributed by atoms with E-state index in [9.17, 15) is 19.3 Å². The van der Waals surface area contributed by atoms with Crippen molar-refractivity contribution in [2.24, 2.45) is 0 Å². The van der Waals surface area contributed by atoms with E-state index in [2.05, 4.69) is 93.9 Å². The molecule has 0 fully saturated rings. The molecule has 0 bridgehead atoms. The highest BCUT2D eigenvalue weighted by Gasteiger charge is 2.37. The van der Waals surface area contributed by atoms with E-state index >= 15 is 0 Å². The van der Waals surface area contributed by atoms with Crippen molar-refractivity contribution in [3.05, 3.63) is 301 Å². The van der Waals surface area contributed by atoms with Crippen LogP contribution < -0.4 is 41.5 Å². The zero-order chi connectivity index (χ0) is 61.1. The number of rotatable bonds is 15. The maximum Gasteiger partial charge on any atom is 0.357 e. The van der Waals surface area contributed by atoms with E-state index in [1.54, 1.807) is 31.6 Å². The summed E-state index contributed by atoms with van der Waals surface area (Å²) < 4.78 is 38.1. The molecule has 0 aliphatic carbocycles. The molecule has 0 saturated carbocycles. The number of aromatic nitrogens is 6. The van der Waals surface area contributed by atoms with Crippen molar-refractivity contribution in [3.63, 3.8) is 0 Å². The fourth-order valence-corrected chi connectivity index (χ4v) is 12.6. The van der Waals surface area contributed by atoms with Crippen LogP contribution in [0.1, 0.15) is 11.4 Å². The van der Waals surface area contributed by atoms with Crippen LogP contribution in [0.3, 0.4) is 0 Å². The van der Waals surface area contributed by atoms with Crippen molar-refractivity contribution in [2.45, 2.75) is 0 Å². The fraction of sp³-hybridized carbons (Fsp3) is 0.0133. The van der Waals surface area contributed by atoms with E-state index in [4.69, 9.17) is 28.9 Å². The Hall–Kier alpha value is -11.7. The molecule has 0 saturated heterocycles. The monoisotopic (exact) mass is 1180 g/mol. The van der Waals surface area contributed by atoms with Crippen LogP contribution in [0.5, 0.6) is 11.5 Å². The van der Waals surface area contributed by atoms with Crippen molar-refractivity contribution in [1.82, 2.24) is 28.9 Å². The lowest BCUT2D eigenvalue weighted by Gasteiger charge is -2.24. The summed E-state index contributed by atoms with van der Waals surface area (Å²) in [5.74, 6) is 0.755. The molecule has 14 rings (SSSR count). The highest BCUT2D eigenvalue weighted by atomic mass is 32.2. The molecule has 14 aromatic rings. The first-order valence-electron chi connectivity index (χ1n) is 29.1. The van der Waals surface area contributed by atoms with Crippen molar-refractivity contribution in [2.75, 3.05) is 7.11 Å². The molecule has 1 unspecified atom stereocenters. The Labute approximate surface area is 521 Å². The van der Waals surface area contributed by atoms with E-state index in [1.807, 2.05) is 182 Å². The number of fused-ring (bicyclic) bond motifs is 3. The van der Waals surface area contributed by atoms with Crippen LogP contribution in [0.2, 0.25) is 0 Å². The average molecular weight is 1180 g/mol. The first-order valence-corrected chi connectivity index (χ1v) is 30.1. The van der Waals surface area contributed by atoms with E-state index in [0.29, 0.717) is 77.6 Å². The van der Waals surface area contributed by atoms with E-state index in [0.717, 1.165) is 49.7 Å². The van der Waals surface area contributed by atoms with Gasteiger partial charge in [-0.2, -0.15) is 14.7 Å². The molecule has 10 aromatic carbocycles. The van der Waals surface area contributed by atoms with Crippen molar-refractivity contribution in [3.8, 4) is 68.4 Å². The average Bonchev–Trinajstić information content (AvgIpc) is 1.52. The van der Waals surface area contributed by atoms with Gasteiger partial charge in [0.15, 0.2) is 0 Å². The van der Waals surface area contributed by atoms with Crippen LogP contribution in [0.15, 0.2) is 279 Å². The second-order valence-electron chi connectivity index (χ2n) is 21.5. The second kappa shape index (κ2) is 24.6. The molecule has 1 N–H and O–H groups in total. The number of hydrogen-bond acceptors (Lipinski definition) is 9. The zero-order valence-electron chi connectivity index (χ0n) is 48.4. The number of hydrogen-bond donors (Lipinski definition) is 1. The Morgan fingerprint density at radius 3 is 1.09 bits per heavy atom. The maximum absolute atomic E-state index is 12.5. The summed E-state index contributed by atoms with van der Waals surface area (Å²) in [4.78, 5) is 20.9. The third-order valence-electron chi connectivity index (χ3n) is 16.3. The Kier molecular flexibility index (Phi) is 15.3. The van der Waals surface area contributed by atoms with Crippen LogP contribution >= 0.6 is 0 Å². The minimum absolute atomic E-state index is 0.138. The second-order valence-corrected chi connectivity index (χ2v) is 22.1. The van der Waals surface area contributed by atoms with Gasteiger partial charge >= 0.3 is 25.1 Å². The molecule has 426 valence electrons. The standard InChI is InChI=1S/C75H50B2N8O4S/c1-88-60-38-32-52(33-39-60)72-70-71(75(84(72)76(56-24-12-4-13-25-56)57-26-14-5-15-27-57)63(47-79)69-49-81-67-45-55(37-43-65(67)83-69)51-22-10-3-11-23-51)73(53-34-40-61(41-35-53)89-90(86)87)85(77(58-28-16-6-17-29-58)59-30-18-7-19-31-59)74(70)62(46-78)68-48-80-66-44-54(36-42-64(66)82-68)50-20-8-2-9-21-50/h2-45,48-49H,1H3,(H,86,87)/b74-62-,75-63-. The lowest BCUT2D eigenvalue weighted by molar-refractivity contribution is 0.415. The van der Waals surface area contributed by atoms with E-state index in [-0.39, 0.29) is 16.9 Å². The van der Waals surface area contributed by atoms with E-state index in [1.165, 1.54) is 0 Å². The van der Waals surface area contributed by atoms with Gasteiger partial charge in [-0.1, -0.05) is 216 Å². The molecule has 12 nitrogen and oxygen atoms in total. The van der Waals surface area contributed by atoms with Gasteiger partial charge in [0, 0.05) is 22.2 Å². The Morgan fingerprint density at radius 1 is 0.422 bits per heavy atom. The quantitative estimate of drug-likeness (QED) is 0.0771. The molecular formula is C75H50B2N8O4S. The predicted octanol–water partition coefficient (Wildman–Crippen LogP) is 11.3. The Balaban J connectivity index is 1.25. The van der Waals surface area contributed by atoms with Gasteiger partial charge in [-0.3, -0.25) is 14.5 Å². The van der Waals surface area contributed by atoms with Crippen molar-refractivity contribution >= 4 is 90.9 Å². The summed E-state index contributed by atoms with van der Waals surface area (Å²) in [7, 11) is 1.63. The fourth-order valence-electron chi connectivity index (χ4n) is 12.3. The highest BCUT2D eigenvalue weighted by molar-refractivity contribution is 7.74. The molecule has 0 aliphatic rings. The molecule has 0 amide bonds. The number of benzene rings is 10. The summed E-state index contributed by atoms with van der Waals surface area (Å²) in [6.07, 6.45) is 3.34. The van der Waals surface area contributed by atoms with Gasteiger partial charge in [0.2, 0.25) is 0 Å². The SMILES string of the molecule is COc1ccc(-c2c3/c(=C(\C#N)c4cnc5cc(-c6ccccc6)ccc5n4)n(B(c4ccccc4)c4ccccc4)c(-c4ccc(OS(=O)O)cc4)c3/c(=C(\C#N)c3cnc4cc(-c5ccccc5)ccc4n3)n2B(c2ccccc2)c2ccccc2)cc1. The summed E-state index contributed by atoms with van der Waals surface area (Å²) in [6.45, 7) is -1.35. The van der Waals surface area contributed by atoms with Crippen LogP contribution in [-0.2, 0) is 11.4 Å². The summed E-state index contributed by atoms with van der Waals surface area (Å²) >= 11 is -2.64. The van der Waals surface area contributed by atoms with Crippen LogP contribution in [0.25, 0.3) is 88.8 Å². The lowest BCUT2D eigenvalue weighted by Crippen LogP contribution is -2.54. The van der Waals surface area contributed by atoms with Gasteiger partial charge < -0.3 is 17.9 Å². The third kappa shape index (κ3) is 10.6. The summed E-state index contributed by atoms with van der Waals surface area (Å²) in [5, 5.41) is 27.0. The van der Waals surface area contributed by atoms with Gasteiger partial charge in [0.25, 0.3) is 0 Å². The molecule has 0 spiro atoms. The molecule has 0 aliphatic heterocycles. The highest BCUT2D eigenvalue weighted by Crippen LogP contribution is 2.38. The van der Waals surface area contributed by atoms with Crippen molar-refractivity contribution < 1.29 is 17.7 Å². The smallest absolute Gasteiger partial charge is 0.357 e. The van der Waals surface area contributed by atoms with Crippen LogP contribution in [0.4, 0.5) is 0 Å². The van der Waals surface area contributed by atoms with Gasteiger partial charge in [-0.15, -0.1) is 0 Å². The number of nitriles is 2. The molecule has 15 heteroatoms. The number of nitrogens with zero attached hydrogens (tertiary/aromatic N) is 8. The van der Waals surface area contributed by atoms with Crippen molar-refractivity contribution in [1.29, 1.82) is 10.5 Å². The van der Waals surface area contributed by atoms with Gasteiger partial charge in [-0.05, 0) is 106 Å². The minimum Gasteiger partial charge on any atom is -0.497 e. The van der Waals surface area contributed by atoms with Gasteiger partial charge in [0.05, 0.1) is 52.3 Å². The molecule has 4 aromatic heterocycles. The number of methoxy groups -OCH3 is 1. The minimum atomic E-state index is -2.64. The Morgan fingerprint density at radius 2 is 0.756 bits per heavy atom. The van der Waals surface area contributed by atoms with Crippen LogP contribution in [0, 0.1) is 22.7 Å². The van der Waals surface area contributed by atoms with Crippen LogP contribution in [-0.4, -0.2) is 58.5 Å². The van der Waals surface area contributed by atoms with Gasteiger partial charge in [0.1, 0.15) is 46.2 Å². The summed E-state index contributed by atoms with van der Waals surface area (Å²) in [5.41, 5.74) is 13.5. The first kappa shape index (κ1) is 56.1. The molecular weight excluding hydrogens is 1130 g/mol. The van der Waals surface area contributed by atoms with Gasteiger partial charge in [-0.25, -0.2) is 9.97 Å². The topological polar surface area (TPSA) is 165 Å². The Bertz CT molecular complexity index is 5020. The third-order valence-corrected chi connectivity index (χ3v) is 16.6. The number of ether oxygens (including phenoxy) is 1. The zero-order valence-corrected chi connectivity index (χ0v) is 49.2. The molecule has 1 atom stereocenters. The molecule has 90 heavy (non-hydrogen) atoms.